The lowest BCUT2D eigenvalue weighted by Crippen LogP contribution is -2.15. The van der Waals surface area contributed by atoms with Gasteiger partial charge in [-0.05, 0) is 37.3 Å². The molecular formula is C22H23ClN4O3S. The van der Waals surface area contributed by atoms with E-state index in [1.807, 2.05) is 35.8 Å². The lowest BCUT2D eigenvalue weighted by atomic mass is 10.2. The lowest BCUT2D eigenvalue weighted by molar-refractivity contribution is -0.113. The number of amides is 1. The van der Waals surface area contributed by atoms with Crippen molar-refractivity contribution in [2.75, 3.05) is 24.8 Å². The first-order valence-electron chi connectivity index (χ1n) is 9.59. The molecule has 1 aromatic heterocycles. The molecule has 1 heterocycles. The molecule has 0 radical (unpaired) electrons. The molecule has 0 unspecified atom stereocenters. The first kappa shape index (κ1) is 22.7. The van der Waals surface area contributed by atoms with E-state index in [9.17, 15) is 4.79 Å². The minimum atomic E-state index is -0.213. The fourth-order valence-corrected chi connectivity index (χ4v) is 3.84. The summed E-state index contributed by atoms with van der Waals surface area (Å²) in [5.74, 6) is 1.84. The molecule has 0 saturated carbocycles. The van der Waals surface area contributed by atoms with Crippen LogP contribution in [0.15, 0.2) is 60.3 Å². The molecule has 0 saturated heterocycles. The number of carbonyl (C=O) groups is 1. The van der Waals surface area contributed by atoms with Crippen LogP contribution < -0.4 is 14.8 Å². The number of ether oxygens (including phenoxy) is 2. The molecule has 7 nitrogen and oxygen atoms in total. The highest BCUT2D eigenvalue weighted by molar-refractivity contribution is 7.99. The van der Waals surface area contributed by atoms with Gasteiger partial charge in [0.2, 0.25) is 5.91 Å². The van der Waals surface area contributed by atoms with Crippen molar-refractivity contribution in [2.24, 2.45) is 0 Å². The van der Waals surface area contributed by atoms with Crippen LogP contribution in [0, 0.1) is 0 Å². The zero-order valence-corrected chi connectivity index (χ0v) is 18.9. The third-order valence-electron chi connectivity index (χ3n) is 4.22. The van der Waals surface area contributed by atoms with Crippen molar-refractivity contribution < 1.29 is 14.3 Å². The number of halogens is 1. The van der Waals surface area contributed by atoms with Gasteiger partial charge >= 0.3 is 0 Å². The molecule has 31 heavy (non-hydrogen) atoms. The van der Waals surface area contributed by atoms with Crippen LogP contribution in [-0.4, -0.2) is 40.1 Å². The Kier molecular flexibility index (Phi) is 7.97. The third kappa shape index (κ3) is 5.59. The van der Waals surface area contributed by atoms with Crippen LogP contribution in [0.1, 0.15) is 6.92 Å². The van der Waals surface area contributed by atoms with Crippen molar-refractivity contribution in [1.29, 1.82) is 0 Å². The molecule has 0 aliphatic carbocycles. The van der Waals surface area contributed by atoms with Gasteiger partial charge in [-0.3, -0.25) is 9.36 Å². The highest BCUT2D eigenvalue weighted by Crippen LogP contribution is 2.32. The smallest absolute Gasteiger partial charge is 0.234 e. The number of aromatic nitrogens is 3. The number of methoxy groups -OCH3 is 1. The molecule has 0 spiro atoms. The van der Waals surface area contributed by atoms with Gasteiger partial charge in [-0.2, -0.15) is 0 Å². The summed E-state index contributed by atoms with van der Waals surface area (Å²) < 4.78 is 12.9. The van der Waals surface area contributed by atoms with Gasteiger partial charge in [0.15, 0.2) is 11.0 Å². The number of nitrogens with zero attached hydrogens (tertiary/aromatic N) is 3. The minimum absolute atomic E-state index is 0.137. The Labute approximate surface area is 190 Å². The van der Waals surface area contributed by atoms with Gasteiger partial charge in [0.05, 0.1) is 30.7 Å². The maximum atomic E-state index is 12.5. The van der Waals surface area contributed by atoms with Crippen LogP contribution in [0.4, 0.5) is 5.69 Å². The summed E-state index contributed by atoms with van der Waals surface area (Å²) in [4.78, 5) is 12.5. The number of hydrogen-bond acceptors (Lipinski definition) is 6. The van der Waals surface area contributed by atoms with Gasteiger partial charge in [0.1, 0.15) is 11.5 Å². The van der Waals surface area contributed by atoms with Gasteiger partial charge in [-0.15, -0.1) is 16.8 Å². The molecule has 1 amide bonds. The number of thioether (sulfide) groups is 1. The predicted molar refractivity (Wildman–Crippen MR) is 124 cm³/mol. The van der Waals surface area contributed by atoms with Crippen molar-refractivity contribution in [3.8, 4) is 22.9 Å². The summed E-state index contributed by atoms with van der Waals surface area (Å²) in [6.45, 7) is 6.79. The lowest BCUT2D eigenvalue weighted by Gasteiger charge is -2.12. The second-order valence-corrected chi connectivity index (χ2v) is 7.70. The standard InChI is InChI=1S/C22H23ClN4O3S/c1-4-12-27-21(16-8-6-7-9-18(16)30-5-2)25-26-22(27)31-14-20(28)24-17-13-15(23)10-11-19(17)29-3/h4,6-11,13H,1,5,12,14H2,2-3H3,(H,24,28). The topological polar surface area (TPSA) is 78.3 Å². The molecule has 0 atom stereocenters. The second-order valence-electron chi connectivity index (χ2n) is 6.32. The van der Waals surface area contributed by atoms with Crippen molar-refractivity contribution >= 4 is 35.0 Å². The Morgan fingerprint density at radius 2 is 2.06 bits per heavy atom. The Hall–Kier alpha value is -2.97. The van der Waals surface area contributed by atoms with Crippen molar-refractivity contribution in [2.45, 2.75) is 18.6 Å². The summed E-state index contributed by atoms with van der Waals surface area (Å²) in [5.41, 5.74) is 1.35. The molecular weight excluding hydrogens is 436 g/mol. The van der Waals surface area contributed by atoms with Gasteiger partial charge in [0, 0.05) is 11.6 Å². The number of hydrogen-bond donors (Lipinski definition) is 1. The van der Waals surface area contributed by atoms with Gasteiger partial charge in [-0.1, -0.05) is 41.6 Å². The maximum Gasteiger partial charge on any atom is 0.234 e. The van der Waals surface area contributed by atoms with E-state index in [-0.39, 0.29) is 11.7 Å². The number of allylic oxidation sites excluding steroid dienone is 1. The maximum absolute atomic E-state index is 12.5. The largest absolute Gasteiger partial charge is 0.495 e. The van der Waals surface area contributed by atoms with Crippen LogP contribution >= 0.6 is 23.4 Å². The van der Waals surface area contributed by atoms with Crippen LogP contribution in [0.2, 0.25) is 5.02 Å². The summed E-state index contributed by atoms with van der Waals surface area (Å²) >= 11 is 7.31. The van der Waals surface area contributed by atoms with E-state index in [2.05, 4.69) is 22.1 Å². The monoisotopic (exact) mass is 458 g/mol. The number of benzene rings is 2. The average Bonchev–Trinajstić information content (AvgIpc) is 3.16. The minimum Gasteiger partial charge on any atom is -0.495 e. The third-order valence-corrected chi connectivity index (χ3v) is 5.43. The van der Waals surface area contributed by atoms with Crippen molar-refractivity contribution in [3.05, 3.63) is 60.1 Å². The molecule has 0 aliphatic heterocycles. The fraction of sp³-hybridized carbons (Fsp3) is 0.227. The number of carbonyl (C=O) groups excluding carboxylic acids is 1. The SMILES string of the molecule is C=CCn1c(SCC(=O)Nc2cc(Cl)ccc2OC)nnc1-c1ccccc1OCC. The number of nitrogens with one attached hydrogen (secondary N) is 1. The first-order chi connectivity index (χ1) is 15.1. The molecule has 0 aliphatic rings. The number of anilines is 1. The predicted octanol–water partition coefficient (Wildman–Crippen LogP) is 4.92. The molecule has 162 valence electrons. The Morgan fingerprint density at radius 3 is 2.81 bits per heavy atom. The molecule has 0 fully saturated rings. The quantitative estimate of drug-likeness (QED) is 0.343. The Bertz CT molecular complexity index is 1070. The van der Waals surface area contributed by atoms with E-state index in [4.69, 9.17) is 21.1 Å². The molecule has 1 N–H and O–H groups in total. The zero-order valence-electron chi connectivity index (χ0n) is 17.3. The molecule has 0 bridgehead atoms. The summed E-state index contributed by atoms with van der Waals surface area (Å²) in [6.07, 6.45) is 1.76. The van der Waals surface area contributed by atoms with Crippen LogP contribution in [0.3, 0.4) is 0 Å². The zero-order chi connectivity index (χ0) is 22.2. The van der Waals surface area contributed by atoms with Crippen LogP contribution in [-0.2, 0) is 11.3 Å². The van der Waals surface area contributed by atoms with Crippen molar-refractivity contribution in [3.63, 3.8) is 0 Å². The van der Waals surface area contributed by atoms with Crippen LogP contribution in [0.5, 0.6) is 11.5 Å². The van der Waals surface area contributed by atoms with E-state index in [0.717, 1.165) is 11.3 Å². The summed E-state index contributed by atoms with van der Waals surface area (Å²) in [7, 11) is 1.53. The van der Waals surface area contributed by atoms with E-state index >= 15 is 0 Å². The van der Waals surface area contributed by atoms with Gasteiger partial charge in [0.25, 0.3) is 0 Å². The van der Waals surface area contributed by atoms with E-state index < -0.39 is 0 Å². The Balaban J connectivity index is 1.78. The molecule has 9 heteroatoms. The highest BCUT2D eigenvalue weighted by Gasteiger charge is 2.18. The van der Waals surface area contributed by atoms with Gasteiger partial charge in [-0.25, -0.2) is 0 Å². The Morgan fingerprint density at radius 1 is 1.26 bits per heavy atom. The van der Waals surface area contributed by atoms with E-state index in [1.165, 1.54) is 18.9 Å². The average molecular weight is 459 g/mol. The highest BCUT2D eigenvalue weighted by atomic mass is 35.5. The van der Waals surface area contributed by atoms with E-state index in [1.54, 1.807) is 24.3 Å². The van der Waals surface area contributed by atoms with E-state index in [0.29, 0.717) is 40.6 Å². The number of rotatable bonds is 10. The summed E-state index contributed by atoms with van der Waals surface area (Å²) in [6, 6.07) is 12.7. The molecule has 3 rings (SSSR count). The molecule has 3 aromatic rings. The number of para-hydroxylation sites is 1. The fourth-order valence-electron chi connectivity index (χ4n) is 2.92. The molecule has 2 aromatic carbocycles. The summed E-state index contributed by atoms with van der Waals surface area (Å²) in [5, 5.41) is 12.6. The van der Waals surface area contributed by atoms with Gasteiger partial charge < -0.3 is 14.8 Å². The van der Waals surface area contributed by atoms with Crippen molar-refractivity contribution in [1.82, 2.24) is 14.8 Å². The first-order valence-corrected chi connectivity index (χ1v) is 11.0. The normalized spacial score (nSPS) is 10.5. The second kappa shape index (κ2) is 10.9. The van der Waals surface area contributed by atoms with Crippen LogP contribution in [0.25, 0.3) is 11.4 Å².